The van der Waals surface area contributed by atoms with Gasteiger partial charge in [0.2, 0.25) is 5.95 Å². The quantitative estimate of drug-likeness (QED) is 0.640. The third kappa shape index (κ3) is 3.52. The van der Waals surface area contributed by atoms with Crippen LogP contribution in [0.15, 0.2) is 43.0 Å². The molecule has 0 amide bonds. The number of hydrogen-bond donors (Lipinski definition) is 2. The van der Waals surface area contributed by atoms with Crippen molar-refractivity contribution in [2.45, 2.75) is 24.4 Å². The Balaban J connectivity index is 1.51. The molecule has 1 aliphatic carbocycles. The topological polar surface area (TPSA) is 83.8 Å². The van der Waals surface area contributed by atoms with E-state index in [2.05, 4.69) is 34.5 Å². The van der Waals surface area contributed by atoms with Crippen molar-refractivity contribution in [3.05, 3.63) is 54.5 Å². The lowest BCUT2D eigenvalue weighted by molar-refractivity contribution is 0.100. The maximum Gasteiger partial charge on any atom is 0.222 e. The molecular formula is C19H18F2N5OP. The molecule has 1 atom stereocenters. The van der Waals surface area contributed by atoms with Crippen LogP contribution >= 0.6 is 9.24 Å². The molecule has 1 unspecified atom stereocenters. The average molecular weight is 401 g/mol. The monoisotopic (exact) mass is 401 g/mol. The van der Waals surface area contributed by atoms with Crippen LogP contribution in [-0.2, 0) is 5.41 Å². The molecule has 4 rings (SSSR count). The molecule has 28 heavy (non-hydrogen) atoms. The predicted molar refractivity (Wildman–Crippen MR) is 105 cm³/mol. The summed E-state index contributed by atoms with van der Waals surface area (Å²) < 4.78 is 27.6. The lowest BCUT2D eigenvalue weighted by Crippen LogP contribution is -2.50. The van der Waals surface area contributed by atoms with Gasteiger partial charge in [0.15, 0.2) is 5.82 Å². The summed E-state index contributed by atoms with van der Waals surface area (Å²) in [6, 6.07) is 4.76. The first-order valence-corrected chi connectivity index (χ1v) is 9.30. The first kappa shape index (κ1) is 18.6. The van der Waals surface area contributed by atoms with Crippen LogP contribution in [0.3, 0.4) is 0 Å². The summed E-state index contributed by atoms with van der Waals surface area (Å²) in [5, 5.41) is 13.3. The van der Waals surface area contributed by atoms with E-state index in [0.717, 1.165) is 23.3 Å². The summed E-state index contributed by atoms with van der Waals surface area (Å²) in [7, 11) is 2.65. The maximum absolute atomic E-state index is 13.9. The van der Waals surface area contributed by atoms with Gasteiger partial charge in [-0.15, -0.1) is 9.24 Å². The average Bonchev–Trinajstić information content (AvgIpc) is 2.65. The highest BCUT2D eigenvalue weighted by Gasteiger charge is 2.47. The largest absolute Gasteiger partial charge is 0.506 e. The molecule has 2 N–H and O–H groups in total. The van der Waals surface area contributed by atoms with Crippen LogP contribution in [0.25, 0.3) is 11.3 Å². The van der Waals surface area contributed by atoms with Crippen LogP contribution in [0, 0.1) is 5.82 Å². The maximum atomic E-state index is 13.9. The number of anilines is 1. The molecule has 0 bridgehead atoms. The third-order valence-corrected chi connectivity index (χ3v) is 5.37. The molecule has 0 spiro atoms. The van der Waals surface area contributed by atoms with Crippen LogP contribution in [0.4, 0.5) is 14.7 Å². The number of rotatable bonds is 5. The van der Waals surface area contributed by atoms with Crippen LogP contribution in [0.5, 0.6) is 5.75 Å². The molecule has 9 heteroatoms. The summed E-state index contributed by atoms with van der Waals surface area (Å²) in [4.78, 5) is 16.7. The Labute approximate surface area is 162 Å². The number of aromatic hydroxyl groups is 1. The second kappa shape index (κ2) is 7.36. The van der Waals surface area contributed by atoms with E-state index in [1.54, 1.807) is 6.20 Å². The standard InChI is InChI=1S/C19H18F2N5OP/c20-12-5-19(6-12,17-15(28)2-1-3-22-17)10-26-18-24-7-11(8-25-18)16-14(21)4-13(27)9-23-16/h1-4,7-9,12,27H,5-6,10,28H2,(H,24,25,26)/t12-,19-. The SMILES string of the molecule is Oc1cnc(-c2cnc(NC[C@]3(c4ncccc4P)C[C@H](F)C3)nc2)c(F)c1. The molecule has 3 aromatic heterocycles. The molecule has 3 aromatic rings. The van der Waals surface area contributed by atoms with Gasteiger partial charge >= 0.3 is 0 Å². The third-order valence-electron chi connectivity index (χ3n) is 4.90. The number of halogens is 2. The van der Waals surface area contributed by atoms with E-state index in [4.69, 9.17) is 0 Å². The Hall–Kier alpha value is -2.73. The number of aromatic nitrogens is 4. The van der Waals surface area contributed by atoms with E-state index < -0.39 is 17.4 Å². The van der Waals surface area contributed by atoms with Crippen molar-refractivity contribution in [3.63, 3.8) is 0 Å². The zero-order chi connectivity index (χ0) is 19.7. The van der Waals surface area contributed by atoms with Crippen molar-refractivity contribution in [2.24, 2.45) is 0 Å². The van der Waals surface area contributed by atoms with Crippen molar-refractivity contribution in [1.29, 1.82) is 0 Å². The van der Waals surface area contributed by atoms with Crippen LogP contribution in [0.1, 0.15) is 18.5 Å². The summed E-state index contributed by atoms with van der Waals surface area (Å²) in [5.41, 5.74) is 0.890. The first-order chi connectivity index (χ1) is 13.5. The van der Waals surface area contributed by atoms with Crippen molar-refractivity contribution in [1.82, 2.24) is 19.9 Å². The Morgan fingerprint density at radius 3 is 2.57 bits per heavy atom. The molecule has 6 nitrogen and oxygen atoms in total. The van der Waals surface area contributed by atoms with Gasteiger partial charge in [-0.2, -0.15) is 0 Å². The molecule has 0 radical (unpaired) electrons. The second-order valence-electron chi connectivity index (χ2n) is 6.90. The van der Waals surface area contributed by atoms with Crippen LogP contribution in [0.2, 0.25) is 0 Å². The van der Waals surface area contributed by atoms with E-state index in [-0.39, 0.29) is 11.4 Å². The minimum absolute atomic E-state index is 0.0567. The summed E-state index contributed by atoms with van der Waals surface area (Å²) in [6.07, 6.45) is 5.70. The highest BCUT2D eigenvalue weighted by Crippen LogP contribution is 2.44. The summed E-state index contributed by atoms with van der Waals surface area (Å²) in [6.45, 7) is 0.441. The van der Waals surface area contributed by atoms with Gasteiger partial charge in [0.1, 0.15) is 17.6 Å². The fraction of sp³-hybridized carbons (Fsp3) is 0.263. The Morgan fingerprint density at radius 2 is 1.93 bits per heavy atom. The molecule has 1 fully saturated rings. The van der Waals surface area contributed by atoms with Gasteiger partial charge in [0.05, 0.1) is 11.9 Å². The molecule has 3 heterocycles. The molecule has 1 aliphatic rings. The smallest absolute Gasteiger partial charge is 0.222 e. The normalized spacial score (nSPS) is 21.2. The van der Waals surface area contributed by atoms with Gasteiger partial charge in [-0.3, -0.25) is 4.98 Å². The molecule has 1 saturated carbocycles. The number of nitrogens with zero attached hydrogens (tertiary/aromatic N) is 4. The van der Waals surface area contributed by atoms with Gasteiger partial charge in [0, 0.05) is 42.2 Å². The van der Waals surface area contributed by atoms with E-state index >= 15 is 0 Å². The zero-order valence-corrected chi connectivity index (χ0v) is 16.0. The fourth-order valence-electron chi connectivity index (χ4n) is 3.50. The summed E-state index contributed by atoms with van der Waals surface area (Å²) >= 11 is 0. The van der Waals surface area contributed by atoms with Crippen molar-refractivity contribution in [2.75, 3.05) is 11.9 Å². The van der Waals surface area contributed by atoms with Gasteiger partial charge in [-0.1, -0.05) is 6.07 Å². The fourth-order valence-corrected chi connectivity index (χ4v) is 3.99. The number of pyridine rings is 2. The van der Waals surface area contributed by atoms with Crippen molar-refractivity contribution in [3.8, 4) is 17.0 Å². The number of hydrogen-bond acceptors (Lipinski definition) is 6. The molecule has 0 aliphatic heterocycles. The lowest BCUT2D eigenvalue weighted by Gasteiger charge is -2.44. The number of nitrogens with one attached hydrogen (secondary N) is 1. The van der Waals surface area contributed by atoms with Gasteiger partial charge in [0.25, 0.3) is 0 Å². The van der Waals surface area contributed by atoms with Gasteiger partial charge in [-0.05, 0) is 24.2 Å². The first-order valence-electron chi connectivity index (χ1n) is 8.73. The van der Waals surface area contributed by atoms with E-state index in [0.29, 0.717) is 30.9 Å². The Morgan fingerprint density at radius 1 is 1.18 bits per heavy atom. The van der Waals surface area contributed by atoms with E-state index in [9.17, 15) is 13.9 Å². The van der Waals surface area contributed by atoms with Crippen LogP contribution in [-0.4, -0.2) is 37.8 Å². The van der Waals surface area contributed by atoms with Crippen molar-refractivity contribution >= 4 is 20.5 Å². The predicted octanol–water partition coefficient (Wildman–Crippen LogP) is 2.76. The molecular weight excluding hydrogens is 383 g/mol. The minimum Gasteiger partial charge on any atom is -0.506 e. The van der Waals surface area contributed by atoms with Gasteiger partial charge < -0.3 is 10.4 Å². The molecule has 144 valence electrons. The molecule has 0 saturated heterocycles. The molecule has 0 aromatic carbocycles. The van der Waals surface area contributed by atoms with Crippen LogP contribution < -0.4 is 10.6 Å². The Kier molecular flexibility index (Phi) is 4.89. The lowest BCUT2D eigenvalue weighted by atomic mass is 9.65. The second-order valence-corrected chi connectivity index (χ2v) is 7.52. The van der Waals surface area contributed by atoms with Crippen molar-refractivity contribution < 1.29 is 13.9 Å². The zero-order valence-electron chi connectivity index (χ0n) is 14.8. The Bertz CT molecular complexity index is 996. The highest BCUT2D eigenvalue weighted by molar-refractivity contribution is 7.27. The summed E-state index contributed by atoms with van der Waals surface area (Å²) in [5.74, 6) is -0.555. The number of alkyl halides is 1. The van der Waals surface area contributed by atoms with E-state index in [1.165, 1.54) is 12.4 Å². The van der Waals surface area contributed by atoms with E-state index in [1.807, 2.05) is 12.1 Å². The minimum atomic E-state index is -0.847. The highest BCUT2D eigenvalue weighted by atomic mass is 31.0. The van der Waals surface area contributed by atoms with Gasteiger partial charge in [-0.25, -0.2) is 23.7 Å².